The van der Waals surface area contributed by atoms with E-state index in [-0.39, 0.29) is 25.0 Å². The van der Waals surface area contributed by atoms with E-state index in [2.05, 4.69) is 17.2 Å². The quantitative estimate of drug-likeness (QED) is 0.120. The van der Waals surface area contributed by atoms with Gasteiger partial charge in [0.25, 0.3) is 11.8 Å². The lowest BCUT2D eigenvalue weighted by Crippen LogP contribution is -2.22. The predicted octanol–water partition coefficient (Wildman–Crippen LogP) is 9.12. The number of hydrogen-bond donors (Lipinski definition) is 2. The zero-order chi connectivity index (χ0) is 37.2. The van der Waals surface area contributed by atoms with E-state index in [0.29, 0.717) is 86.4 Å². The van der Waals surface area contributed by atoms with E-state index in [0.717, 1.165) is 21.5 Å². The Balaban J connectivity index is 1.05. The standard InChI is InChI=1S/C44H36N4O6/c1-4-45-41(49)31-14-16-37-35(20-31)47-43(53-37)33-18-27-10-6-8-12-29(27)22-39(33)51-24-26(3)25-52-40-23-30-13-9-7-11-28(30)19-34(40)44-48-36-21-32(42(50)46-5-2)15-17-38(36)54-44/h6-23H,3-5,24-25H2,1-2H3,(H,45,49)(H,46,50). The maximum atomic E-state index is 12.5. The smallest absolute Gasteiger partial charge is 0.251 e. The average molecular weight is 717 g/mol. The SMILES string of the molecule is C=C(COc1cc2ccccc2cc1-c1nc2cc(C(=O)NCC)ccc2o1)COc1cc2ccccc2cc1-c1nc2cc(C(=O)NCC)ccc2o1. The molecule has 6 aromatic carbocycles. The molecular weight excluding hydrogens is 681 g/mol. The molecule has 0 unspecified atom stereocenters. The molecule has 0 fully saturated rings. The molecule has 54 heavy (non-hydrogen) atoms. The van der Waals surface area contributed by atoms with Crippen molar-refractivity contribution >= 4 is 55.6 Å². The summed E-state index contributed by atoms with van der Waals surface area (Å²) in [4.78, 5) is 34.4. The van der Waals surface area contributed by atoms with Gasteiger partial charge in [-0.15, -0.1) is 0 Å². The Bertz CT molecular complexity index is 2540. The number of nitrogens with one attached hydrogen (secondary N) is 2. The number of aromatic nitrogens is 2. The predicted molar refractivity (Wildman–Crippen MR) is 210 cm³/mol. The number of nitrogens with zero attached hydrogens (tertiary/aromatic N) is 2. The molecule has 2 N–H and O–H groups in total. The Kier molecular flexibility index (Phi) is 9.23. The first-order valence-corrected chi connectivity index (χ1v) is 17.7. The number of carbonyl (C=O) groups excluding carboxylic acids is 2. The summed E-state index contributed by atoms with van der Waals surface area (Å²) < 4.78 is 25.2. The van der Waals surface area contributed by atoms with Crippen LogP contribution in [0.3, 0.4) is 0 Å². The van der Waals surface area contributed by atoms with Crippen LogP contribution in [0.5, 0.6) is 11.5 Å². The van der Waals surface area contributed by atoms with Crippen molar-refractivity contribution in [1.82, 2.24) is 20.6 Å². The van der Waals surface area contributed by atoms with E-state index in [4.69, 9.17) is 28.3 Å². The molecule has 0 aliphatic rings. The van der Waals surface area contributed by atoms with Crippen molar-refractivity contribution < 1.29 is 27.9 Å². The highest BCUT2D eigenvalue weighted by Crippen LogP contribution is 2.38. The Morgan fingerprint density at radius 2 is 1.00 bits per heavy atom. The number of carbonyl (C=O) groups is 2. The van der Waals surface area contributed by atoms with E-state index in [9.17, 15) is 9.59 Å². The summed E-state index contributed by atoms with van der Waals surface area (Å²) in [6.45, 7) is 9.38. The third kappa shape index (κ3) is 6.84. The largest absolute Gasteiger partial charge is 0.488 e. The third-order valence-corrected chi connectivity index (χ3v) is 8.99. The van der Waals surface area contributed by atoms with Crippen molar-refractivity contribution in [3.05, 3.63) is 132 Å². The Hall–Kier alpha value is -6.94. The first-order valence-electron chi connectivity index (χ1n) is 17.7. The highest BCUT2D eigenvalue weighted by molar-refractivity contribution is 5.99. The minimum atomic E-state index is -0.170. The van der Waals surface area contributed by atoms with Gasteiger partial charge in [0.15, 0.2) is 11.2 Å². The summed E-state index contributed by atoms with van der Waals surface area (Å²) >= 11 is 0. The van der Waals surface area contributed by atoms with Crippen LogP contribution in [-0.4, -0.2) is 48.1 Å². The fourth-order valence-electron chi connectivity index (χ4n) is 6.31. The number of fused-ring (bicyclic) bond motifs is 4. The molecule has 8 rings (SSSR count). The van der Waals surface area contributed by atoms with Crippen molar-refractivity contribution in [2.45, 2.75) is 13.8 Å². The second kappa shape index (κ2) is 14.6. The molecule has 0 atom stereocenters. The normalized spacial score (nSPS) is 11.3. The van der Waals surface area contributed by atoms with Crippen molar-refractivity contribution in [2.75, 3.05) is 26.3 Å². The number of rotatable bonds is 12. The van der Waals surface area contributed by atoms with E-state index in [1.165, 1.54) is 0 Å². The average Bonchev–Trinajstić information content (AvgIpc) is 3.82. The summed E-state index contributed by atoms with van der Waals surface area (Å²) in [7, 11) is 0. The molecule has 0 saturated carbocycles. The van der Waals surface area contributed by atoms with Crippen LogP contribution in [0.4, 0.5) is 0 Å². The van der Waals surface area contributed by atoms with Gasteiger partial charge in [-0.25, -0.2) is 9.97 Å². The van der Waals surface area contributed by atoms with Crippen LogP contribution in [0.15, 0.2) is 130 Å². The van der Waals surface area contributed by atoms with Crippen LogP contribution in [0.2, 0.25) is 0 Å². The maximum absolute atomic E-state index is 12.5. The Labute approximate surface area is 310 Å². The summed E-state index contributed by atoms with van der Waals surface area (Å²) in [5.74, 6) is 1.54. The van der Waals surface area contributed by atoms with Crippen LogP contribution in [0, 0.1) is 0 Å². The van der Waals surface area contributed by atoms with Gasteiger partial charge in [0.05, 0.1) is 11.1 Å². The van der Waals surface area contributed by atoms with Crippen LogP contribution >= 0.6 is 0 Å². The van der Waals surface area contributed by atoms with Crippen LogP contribution < -0.4 is 20.1 Å². The fourth-order valence-corrected chi connectivity index (χ4v) is 6.31. The molecule has 2 heterocycles. The first kappa shape index (κ1) is 34.2. The summed E-state index contributed by atoms with van der Waals surface area (Å²) in [6, 6.07) is 34.2. The van der Waals surface area contributed by atoms with Gasteiger partial charge in [0.1, 0.15) is 35.7 Å². The molecule has 2 amide bonds. The van der Waals surface area contributed by atoms with E-state index < -0.39 is 0 Å². The summed E-state index contributed by atoms with van der Waals surface area (Å²) in [5.41, 5.74) is 5.28. The lowest BCUT2D eigenvalue weighted by Gasteiger charge is -2.15. The van der Waals surface area contributed by atoms with Gasteiger partial charge >= 0.3 is 0 Å². The van der Waals surface area contributed by atoms with Crippen molar-refractivity contribution in [3.8, 4) is 34.4 Å². The second-order valence-electron chi connectivity index (χ2n) is 12.8. The first-order chi connectivity index (χ1) is 26.4. The zero-order valence-electron chi connectivity index (χ0n) is 29.8. The zero-order valence-corrected chi connectivity index (χ0v) is 29.8. The lowest BCUT2D eigenvalue weighted by molar-refractivity contribution is 0.0947. The number of amides is 2. The molecule has 2 aromatic heterocycles. The molecule has 8 aromatic rings. The number of oxazole rings is 2. The van der Waals surface area contributed by atoms with E-state index >= 15 is 0 Å². The molecule has 0 radical (unpaired) electrons. The van der Waals surface area contributed by atoms with Crippen LogP contribution in [0.25, 0.3) is 66.7 Å². The van der Waals surface area contributed by atoms with Gasteiger partial charge in [-0.05, 0) is 102 Å². The molecule has 268 valence electrons. The van der Waals surface area contributed by atoms with Gasteiger partial charge in [-0.2, -0.15) is 0 Å². The second-order valence-corrected chi connectivity index (χ2v) is 12.8. The highest BCUT2D eigenvalue weighted by atomic mass is 16.5. The Morgan fingerprint density at radius 3 is 1.41 bits per heavy atom. The number of hydrogen-bond acceptors (Lipinski definition) is 8. The summed E-state index contributed by atoms with van der Waals surface area (Å²) in [5, 5.41) is 9.61. The third-order valence-electron chi connectivity index (χ3n) is 8.99. The molecule has 0 spiro atoms. The van der Waals surface area contributed by atoms with Crippen molar-refractivity contribution in [1.29, 1.82) is 0 Å². The van der Waals surface area contributed by atoms with E-state index in [1.54, 1.807) is 36.4 Å². The number of ether oxygens (including phenoxy) is 2. The molecule has 10 heteroatoms. The fraction of sp³-hybridized carbons (Fsp3) is 0.136. The molecule has 0 aliphatic carbocycles. The molecule has 0 bridgehead atoms. The monoisotopic (exact) mass is 716 g/mol. The Morgan fingerprint density at radius 1 is 0.593 bits per heavy atom. The van der Waals surface area contributed by atoms with Crippen LogP contribution in [-0.2, 0) is 0 Å². The molecule has 0 saturated heterocycles. The topological polar surface area (TPSA) is 129 Å². The number of benzene rings is 6. The maximum Gasteiger partial charge on any atom is 0.251 e. The van der Waals surface area contributed by atoms with Gasteiger partial charge in [-0.1, -0.05) is 55.1 Å². The van der Waals surface area contributed by atoms with E-state index in [1.807, 2.05) is 86.6 Å². The molecule has 0 aliphatic heterocycles. The van der Waals surface area contributed by atoms with Gasteiger partial charge in [-0.3, -0.25) is 9.59 Å². The minimum Gasteiger partial charge on any atom is -0.488 e. The summed E-state index contributed by atoms with van der Waals surface area (Å²) in [6.07, 6.45) is 0. The molecular formula is C44H36N4O6. The van der Waals surface area contributed by atoms with Gasteiger partial charge in [0, 0.05) is 24.2 Å². The highest BCUT2D eigenvalue weighted by Gasteiger charge is 2.19. The van der Waals surface area contributed by atoms with Crippen LogP contribution in [0.1, 0.15) is 34.6 Å². The molecule has 10 nitrogen and oxygen atoms in total. The van der Waals surface area contributed by atoms with Gasteiger partial charge < -0.3 is 28.9 Å². The van der Waals surface area contributed by atoms with Gasteiger partial charge in [0.2, 0.25) is 11.8 Å². The van der Waals surface area contributed by atoms with Crippen molar-refractivity contribution in [3.63, 3.8) is 0 Å². The lowest BCUT2D eigenvalue weighted by atomic mass is 10.1. The minimum absolute atomic E-state index is 0.154. The van der Waals surface area contributed by atoms with Crippen molar-refractivity contribution in [2.24, 2.45) is 0 Å².